The Morgan fingerprint density at radius 3 is 2.82 bits per heavy atom. The van der Waals surface area contributed by atoms with E-state index >= 15 is 0 Å². The minimum Gasteiger partial charge on any atom is -0.481 e. The van der Waals surface area contributed by atoms with Crippen LogP contribution in [0.25, 0.3) is 5.70 Å². The summed E-state index contributed by atoms with van der Waals surface area (Å²) in [5, 5.41) is 4.32. The summed E-state index contributed by atoms with van der Waals surface area (Å²) in [7, 11) is 1.51. The zero-order valence-electron chi connectivity index (χ0n) is 17.1. The molecule has 152 valence electrons. The Bertz CT molecular complexity index is 774. The van der Waals surface area contributed by atoms with E-state index in [1.807, 2.05) is 45.2 Å². The van der Waals surface area contributed by atoms with E-state index in [1.165, 1.54) is 12.1 Å². The van der Waals surface area contributed by atoms with Gasteiger partial charge in [0.05, 0.1) is 24.4 Å². The van der Waals surface area contributed by atoms with Crippen LogP contribution in [0.4, 0.5) is 0 Å². The molecule has 28 heavy (non-hydrogen) atoms. The Morgan fingerprint density at radius 2 is 2.25 bits per heavy atom. The first-order chi connectivity index (χ1) is 13.4. The highest BCUT2D eigenvalue weighted by Crippen LogP contribution is 2.24. The van der Waals surface area contributed by atoms with Crippen LogP contribution in [0.15, 0.2) is 58.0 Å². The van der Waals surface area contributed by atoms with E-state index in [0.29, 0.717) is 29.5 Å². The fourth-order valence-electron chi connectivity index (χ4n) is 2.26. The zero-order valence-corrected chi connectivity index (χ0v) is 17.9. The largest absolute Gasteiger partial charge is 0.481 e. The Labute approximate surface area is 171 Å². The van der Waals surface area contributed by atoms with Crippen LogP contribution in [0.3, 0.4) is 0 Å². The van der Waals surface area contributed by atoms with Crippen LogP contribution in [0.5, 0.6) is 0 Å². The number of pyridine rings is 1. The zero-order chi connectivity index (χ0) is 21.1. The fraction of sp³-hybridized carbons (Fsp3) is 0.350. The molecule has 0 saturated heterocycles. The molecule has 1 unspecified atom stereocenters. The van der Waals surface area contributed by atoms with Crippen molar-refractivity contribution < 1.29 is 9.53 Å². The molecule has 0 bridgehead atoms. The summed E-state index contributed by atoms with van der Waals surface area (Å²) in [4.78, 5) is 21.5. The lowest BCUT2D eigenvalue weighted by Gasteiger charge is -2.24. The maximum absolute atomic E-state index is 12.2. The third-order valence-electron chi connectivity index (χ3n) is 3.87. The van der Waals surface area contributed by atoms with Crippen molar-refractivity contribution in [1.82, 2.24) is 15.3 Å². The highest BCUT2D eigenvalue weighted by molar-refractivity contribution is 7.98. The second-order valence-corrected chi connectivity index (χ2v) is 6.74. The number of carbonyl (C=O) groups excluding carboxylic acids is 1. The quantitative estimate of drug-likeness (QED) is 0.156. The van der Waals surface area contributed by atoms with Gasteiger partial charge in [-0.25, -0.2) is 10.8 Å². The van der Waals surface area contributed by atoms with Gasteiger partial charge in [0.15, 0.2) is 0 Å². The van der Waals surface area contributed by atoms with Crippen LogP contribution in [0, 0.1) is 5.92 Å². The van der Waals surface area contributed by atoms with Crippen molar-refractivity contribution in [3.05, 3.63) is 53.8 Å². The molecule has 8 heteroatoms. The Balaban J connectivity index is 3.36. The molecule has 0 aromatic carbocycles. The number of rotatable bonds is 10. The van der Waals surface area contributed by atoms with Crippen molar-refractivity contribution in [3.63, 3.8) is 0 Å². The first-order valence-electron chi connectivity index (χ1n) is 8.81. The van der Waals surface area contributed by atoms with E-state index in [4.69, 9.17) is 10.6 Å². The molecule has 1 aromatic rings. The van der Waals surface area contributed by atoms with Crippen molar-refractivity contribution in [3.8, 4) is 0 Å². The van der Waals surface area contributed by atoms with Gasteiger partial charge in [-0.1, -0.05) is 6.92 Å². The Morgan fingerprint density at radius 1 is 1.54 bits per heavy atom. The van der Waals surface area contributed by atoms with Crippen molar-refractivity contribution in [2.24, 2.45) is 16.8 Å². The van der Waals surface area contributed by atoms with Gasteiger partial charge < -0.3 is 10.1 Å². The number of aromatic nitrogens is 1. The van der Waals surface area contributed by atoms with Gasteiger partial charge in [-0.15, -0.1) is 11.8 Å². The van der Waals surface area contributed by atoms with Crippen molar-refractivity contribution in [2.45, 2.75) is 25.7 Å². The molecule has 0 aliphatic rings. The summed E-state index contributed by atoms with van der Waals surface area (Å²) in [6.07, 6.45) is 8.95. The number of nitrogens with two attached hydrogens (primary N) is 1. The molecule has 1 heterocycles. The standard InChI is InChI=1S/C20H29N5O2S/c1-7-23-20(26)14(2)12-18(17-13-16(28-6)10-11-24-17)25(21)15(3)8-9-19(22-4)27-5/h8-14H,4,7,21H2,1-3,5-6H3,(H,23,26)/b15-8+,18-12-,19-9+. The van der Waals surface area contributed by atoms with E-state index in [2.05, 4.69) is 22.0 Å². The van der Waals surface area contributed by atoms with Crippen molar-refractivity contribution >= 4 is 30.1 Å². The van der Waals surface area contributed by atoms with Gasteiger partial charge in [0.2, 0.25) is 11.8 Å². The number of carbonyl (C=O) groups is 1. The van der Waals surface area contributed by atoms with Gasteiger partial charge in [-0.05, 0) is 51.1 Å². The lowest BCUT2D eigenvalue weighted by atomic mass is 10.1. The second-order valence-electron chi connectivity index (χ2n) is 5.86. The molecule has 7 nitrogen and oxygen atoms in total. The van der Waals surface area contributed by atoms with E-state index in [-0.39, 0.29) is 11.8 Å². The normalized spacial score (nSPS) is 13.7. The Kier molecular flexibility index (Phi) is 10.0. The molecule has 0 aliphatic heterocycles. The summed E-state index contributed by atoms with van der Waals surface area (Å²) >= 11 is 1.61. The first kappa shape index (κ1) is 23.5. The van der Waals surface area contributed by atoms with Gasteiger partial charge in [-0.2, -0.15) is 0 Å². The average molecular weight is 404 g/mol. The minimum absolute atomic E-state index is 0.0755. The van der Waals surface area contributed by atoms with Crippen molar-refractivity contribution in [2.75, 3.05) is 19.9 Å². The number of nitrogens with one attached hydrogen (secondary N) is 1. The summed E-state index contributed by atoms with van der Waals surface area (Å²) in [6, 6.07) is 3.86. The molecule has 0 fully saturated rings. The number of allylic oxidation sites excluding steroid dienone is 3. The lowest BCUT2D eigenvalue weighted by molar-refractivity contribution is -0.123. The molecular formula is C20H29N5O2S. The third kappa shape index (κ3) is 6.86. The molecule has 0 aliphatic carbocycles. The number of hydrogen-bond acceptors (Lipinski definition) is 7. The predicted octanol–water partition coefficient (Wildman–Crippen LogP) is 3.18. The van der Waals surface area contributed by atoms with Gasteiger partial charge in [0.25, 0.3) is 0 Å². The molecule has 1 aromatic heterocycles. The van der Waals surface area contributed by atoms with E-state index < -0.39 is 0 Å². The van der Waals surface area contributed by atoms with Crippen LogP contribution in [-0.2, 0) is 9.53 Å². The lowest BCUT2D eigenvalue weighted by Crippen LogP contribution is -2.31. The maximum Gasteiger partial charge on any atom is 0.226 e. The molecule has 1 atom stereocenters. The molecule has 1 rings (SSSR count). The van der Waals surface area contributed by atoms with Gasteiger partial charge in [0, 0.05) is 29.4 Å². The molecular weight excluding hydrogens is 374 g/mol. The van der Waals surface area contributed by atoms with Crippen molar-refractivity contribution in [1.29, 1.82) is 0 Å². The van der Waals surface area contributed by atoms with Crippen LogP contribution in [0.1, 0.15) is 26.5 Å². The number of methoxy groups -OCH3 is 1. The molecule has 0 spiro atoms. The van der Waals surface area contributed by atoms with E-state index in [1.54, 1.807) is 30.1 Å². The smallest absolute Gasteiger partial charge is 0.226 e. The van der Waals surface area contributed by atoms with Gasteiger partial charge in [-0.3, -0.25) is 14.8 Å². The number of amides is 1. The number of hydrazine groups is 1. The summed E-state index contributed by atoms with van der Waals surface area (Å²) < 4.78 is 5.07. The van der Waals surface area contributed by atoms with Gasteiger partial charge in [0.1, 0.15) is 0 Å². The number of aliphatic imine (C=N–C) groups is 1. The first-order valence-corrected chi connectivity index (χ1v) is 10.0. The summed E-state index contributed by atoms with van der Waals surface area (Å²) in [6.45, 7) is 9.56. The number of thioether (sulfide) groups is 1. The number of ether oxygens (including phenoxy) is 1. The topological polar surface area (TPSA) is 92.8 Å². The maximum atomic E-state index is 12.2. The van der Waals surface area contributed by atoms with E-state index in [0.717, 1.165) is 4.90 Å². The third-order valence-corrected chi connectivity index (χ3v) is 4.60. The van der Waals surface area contributed by atoms with Crippen LogP contribution < -0.4 is 11.2 Å². The van der Waals surface area contributed by atoms with E-state index in [9.17, 15) is 4.79 Å². The molecule has 3 N–H and O–H groups in total. The highest BCUT2D eigenvalue weighted by atomic mass is 32.2. The van der Waals surface area contributed by atoms with Gasteiger partial charge >= 0.3 is 0 Å². The Hall–Kier alpha value is -2.58. The average Bonchev–Trinajstić information content (AvgIpc) is 2.72. The molecule has 0 saturated carbocycles. The van der Waals surface area contributed by atoms with Crippen LogP contribution in [0.2, 0.25) is 0 Å². The monoisotopic (exact) mass is 403 g/mol. The molecule has 0 radical (unpaired) electrons. The number of hydrogen-bond donors (Lipinski definition) is 2. The van der Waals surface area contributed by atoms with Crippen LogP contribution >= 0.6 is 11.8 Å². The SMILES string of the molecule is C=N/C(=C\C=C(/C)N(N)/C(=C\C(C)C(=O)NCC)c1cc(SC)ccn1)OC. The predicted molar refractivity (Wildman–Crippen MR) is 116 cm³/mol. The van der Waals surface area contributed by atoms with Crippen LogP contribution in [-0.4, -0.2) is 42.5 Å². The summed E-state index contributed by atoms with van der Waals surface area (Å²) in [5.74, 6) is 6.29. The fourth-order valence-corrected chi connectivity index (χ4v) is 2.69. The number of nitrogens with zero attached hydrogens (tertiary/aromatic N) is 3. The minimum atomic E-state index is -0.381. The molecule has 1 amide bonds. The summed E-state index contributed by atoms with van der Waals surface area (Å²) in [5.41, 5.74) is 2.02. The second kappa shape index (κ2) is 12.0. The highest BCUT2D eigenvalue weighted by Gasteiger charge is 2.17.